The minimum absolute atomic E-state index is 0.767. The van der Waals surface area contributed by atoms with Gasteiger partial charge in [0.25, 0.3) is 0 Å². The quantitative estimate of drug-likeness (QED) is 0.665. The lowest BCUT2D eigenvalue weighted by Gasteiger charge is -1.95. The normalized spacial score (nSPS) is 12.6. The third-order valence-electron chi connectivity index (χ3n) is 2.58. The SMILES string of the molecule is C=c1oc2c(CC)cccc2/c1=C\C. The lowest BCUT2D eigenvalue weighted by molar-refractivity contribution is 0.574. The van der Waals surface area contributed by atoms with Gasteiger partial charge in [-0.3, -0.25) is 0 Å². The second-order valence-corrected chi connectivity index (χ2v) is 3.37. The first-order chi connectivity index (χ1) is 6.77. The van der Waals surface area contributed by atoms with Crippen molar-refractivity contribution < 1.29 is 4.42 Å². The molecule has 0 radical (unpaired) electrons. The molecule has 0 saturated carbocycles. The summed E-state index contributed by atoms with van der Waals surface area (Å²) < 4.78 is 5.67. The summed E-state index contributed by atoms with van der Waals surface area (Å²) in [6.07, 6.45) is 3.04. The second kappa shape index (κ2) is 3.33. The van der Waals surface area contributed by atoms with E-state index in [9.17, 15) is 0 Å². The van der Waals surface area contributed by atoms with Crippen LogP contribution in [0.25, 0.3) is 23.6 Å². The van der Waals surface area contributed by atoms with Crippen LogP contribution in [0.15, 0.2) is 22.6 Å². The summed E-state index contributed by atoms with van der Waals surface area (Å²) in [7, 11) is 0. The van der Waals surface area contributed by atoms with E-state index in [-0.39, 0.29) is 0 Å². The molecule has 0 aliphatic carbocycles. The van der Waals surface area contributed by atoms with Gasteiger partial charge in [-0.05, 0) is 18.9 Å². The summed E-state index contributed by atoms with van der Waals surface area (Å²) in [6.45, 7) is 8.05. The summed E-state index contributed by atoms with van der Waals surface area (Å²) in [4.78, 5) is 0. The molecule has 0 aliphatic heterocycles. The zero-order valence-electron chi connectivity index (χ0n) is 8.63. The van der Waals surface area contributed by atoms with Gasteiger partial charge in [-0.15, -0.1) is 0 Å². The molecule has 2 aromatic rings. The molecular formula is C13H14O. The molecule has 1 heteroatoms. The largest absolute Gasteiger partial charge is 0.456 e. The molecule has 0 spiro atoms. The summed E-state index contributed by atoms with van der Waals surface area (Å²) in [5, 5.41) is 2.30. The molecule has 0 atom stereocenters. The molecule has 0 bridgehead atoms. The Morgan fingerprint density at radius 2 is 2.21 bits per heavy atom. The third-order valence-corrected chi connectivity index (χ3v) is 2.58. The van der Waals surface area contributed by atoms with Gasteiger partial charge in [-0.1, -0.05) is 37.8 Å². The summed E-state index contributed by atoms with van der Waals surface area (Å²) in [5.41, 5.74) is 3.01. The number of para-hydroxylation sites is 1. The number of furan rings is 1. The highest BCUT2D eigenvalue weighted by molar-refractivity contribution is 5.81. The standard InChI is InChI=1S/C13H14O/c1-4-10-7-6-8-12-11(5-2)9(3)14-13(10)12/h5-8H,3-4H2,1-2H3/b11-5-. The van der Waals surface area contributed by atoms with Crippen LogP contribution in [0.5, 0.6) is 0 Å². The van der Waals surface area contributed by atoms with Crippen LogP contribution in [-0.2, 0) is 6.42 Å². The Kier molecular flexibility index (Phi) is 2.16. The molecule has 0 amide bonds. The van der Waals surface area contributed by atoms with Gasteiger partial charge in [0.05, 0.1) is 0 Å². The van der Waals surface area contributed by atoms with Crippen molar-refractivity contribution in [2.24, 2.45) is 0 Å². The average molecular weight is 186 g/mol. The number of aryl methyl sites for hydroxylation is 1. The minimum atomic E-state index is 0.767. The van der Waals surface area contributed by atoms with E-state index >= 15 is 0 Å². The maximum atomic E-state index is 5.67. The Labute approximate surface area is 83.4 Å². The lowest BCUT2D eigenvalue weighted by atomic mass is 10.1. The molecule has 1 nitrogen and oxygen atoms in total. The molecule has 0 unspecified atom stereocenters. The maximum Gasteiger partial charge on any atom is 0.138 e. The van der Waals surface area contributed by atoms with Gasteiger partial charge in [0, 0.05) is 10.6 Å². The van der Waals surface area contributed by atoms with E-state index < -0.39 is 0 Å². The zero-order valence-corrected chi connectivity index (χ0v) is 8.63. The lowest BCUT2D eigenvalue weighted by Crippen LogP contribution is -2.16. The van der Waals surface area contributed by atoms with E-state index in [1.807, 2.05) is 13.0 Å². The van der Waals surface area contributed by atoms with Crippen LogP contribution in [0.2, 0.25) is 0 Å². The molecule has 1 aromatic carbocycles. The van der Waals surface area contributed by atoms with Gasteiger partial charge in [-0.25, -0.2) is 0 Å². The summed E-state index contributed by atoms with van der Waals surface area (Å²) in [6, 6.07) is 6.26. The highest BCUT2D eigenvalue weighted by Gasteiger charge is 2.04. The third kappa shape index (κ3) is 1.17. The summed E-state index contributed by atoms with van der Waals surface area (Å²) in [5.74, 6) is 0. The molecule has 0 fully saturated rings. The summed E-state index contributed by atoms with van der Waals surface area (Å²) >= 11 is 0. The molecule has 0 aliphatic rings. The van der Waals surface area contributed by atoms with E-state index in [1.165, 1.54) is 10.9 Å². The molecule has 2 rings (SSSR count). The van der Waals surface area contributed by atoms with Gasteiger partial charge < -0.3 is 4.42 Å². The Hall–Kier alpha value is -1.50. The Balaban J connectivity index is 3.01. The minimum Gasteiger partial charge on any atom is -0.456 e. The van der Waals surface area contributed by atoms with Crippen molar-refractivity contribution in [3.63, 3.8) is 0 Å². The fourth-order valence-corrected chi connectivity index (χ4v) is 1.84. The van der Waals surface area contributed by atoms with Crippen molar-refractivity contribution in [1.29, 1.82) is 0 Å². The van der Waals surface area contributed by atoms with Crippen molar-refractivity contribution in [3.8, 4) is 0 Å². The van der Waals surface area contributed by atoms with Gasteiger partial charge in [0.1, 0.15) is 11.0 Å². The molecule has 72 valence electrons. The topological polar surface area (TPSA) is 13.1 Å². The molecular weight excluding hydrogens is 172 g/mol. The van der Waals surface area contributed by atoms with Crippen molar-refractivity contribution in [1.82, 2.24) is 0 Å². The van der Waals surface area contributed by atoms with Crippen LogP contribution in [0.3, 0.4) is 0 Å². The predicted octanol–water partition coefficient (Wildman–Crippen LogP) is 2.21. The van der Waals surface area contributed by atoms with Crippen molar-refractivity contribution in [3.05, 3.63) is 34.4 Å². The molecule has 1 aromatic heterocycles. The fraction of sp³-hybridized carbons (Fsp3) is 0.231. The zero-order chi connectivity index (χ0) is 10.1. The highest BCUT2D eigenvalue weighted by atomic mass is 16.3. The van der Waals surface area contributed by atoms with Crippen LogP contribution in [0.1, 0.15) is 19.4 Å². The second-order valence-electron chi connectivity index (χ2n) is 3.37. The molecule has 1 heterocycles. The smallest absolute Gasteiger partial charge is 0.138 e. The van der Waals surface area contributed by atoms with E-state index in [2.05, 4.69) is 31.7 Å². The van der Waals surface area contributed by atoms with Gasteiger partial charge in [0.15, 0.2) is 0 Å². The number of rotatable bonds is 1. The van der Waals surface area contributed by atoms with E-state index in [0.717, 1.165) is 22.6 Å². The Morgan fingerprint density at radius 1 is 1.43 bits per heavy atom. The van der Waals surface area contributed by atoms with Gasteiger partial charge in [-0.2, -0.15) is 0 Å². The van der Waals surface area contributed by atoms with Crippen LogP contribution in [0, 0.1) is 0 Å². The Bertz CT molecular complexity index is 561. The van der Waals surface area contributed by atoms with E-state index in [4.69, 9.17) is 4.42 Å². The van der Waals surface area contributed by atoms with Crippen molar-refractivity contribution in [2.45, 2.75) is 20.3 Å². The maximum absolute atomic E-state index is 5.67. The average Bonchev–Trinajstić information content (AvgIpc) is 2.52. The van der Waals surface area contributed by atoms with Gasteiger partial charge in [0.2, 0.25) is 0 Å². The number of fused-ring (bicyclic) bond motifs is 1. The Morgan fingerprint density at radius 3 is 2.86 bits per heavy atom. The number of hydrogen-bond acceptors (Lipinski definition) is 1. The molecule has 14 heavy (non-hydrogen) atoms. The van der Waals surface area contributed by atoms with Crippen LogP contribution >= 0.6 is 0 Å². The first-order valence-corrected chi connectivity index (χ1v) is 4.93. The monoisotopic (exact) mass is 186 g/mol. The van der Waals surface area contributed by atoms with Gasteiger partial charge >= 0.3 is 0 Å². The van der Waals surface area contributed by atoms with E-state index in [1.54, 1.807) is 0 Å². The molecule has 0 N–H and O–H groups in total. The van der Waals surface area contributed by atoms with Crippen LogP contribution in [0.4, 0.5) is 0 Å². The van der Waals surface area contributed by atoms with Crippen molar-refractivity contribution in [2.75, 3.05) is 0 Å². The highest BCUT2D eigenvalue weighted by Crippen LogP contribution is 2.14. The first-order valence-electron chi connectivity index (χ1n) is 4.93. The van der Waals surface area contributed by atoms with Crippen LogP contribution < -0.4 is 10.6 Å². The predicted molar refractivity (Wildman–Crippen MR) is 60.5 cm³/mol. The number of hydrogen-bond donors (Lipinski definition) is 0. The first kappa shape index (κ1) is 9.07. The van der Waals surface area contributed by atoms with E-state index in [0.29, 0.717) is 0 Å². The fourth-order valence-electron chi connectivity index (χ4n) is 1.84. The van der Waals surface area contributed by atoms with Crippen LogP contribution in [-0.4, -0.2) is 0 Å². The number of benzene rings is 1. The van der Waals surface area contributed by atoms with Crippen molar-refractivity contribution >= 4 is 23.6 Å². The molecule has 0 saturated heterocycles.